The zero-order valence-electron chi connectivity index (χ0n) is 15.5. The highest BCUT2D eigenvalue weighted by molar-refractivity contribution is 5.94. The van der Waals surface area contributed by atoms with E-state index in [1.165, 1.54) is 0 Å². The van der Waals surface area contributed by atoms with Crippen molar-refractivity contribution in [3.05, 3.63) is 48.0 Å². The summed E-state index contributed by atoms with van der Waals surface area (Å²) in [6.07, 6.45) is 6.36. The molecule has 0 N–H and O–H groups in total. The lowest BCUT2D eigenvalue weighted by molar-refractivity contribution is -0.100. The summed E-state index contributed by atoms with van der Waals surface area (Å²) >= 11 is 0. The Kier molecular flexibility index (Phi) is 5.40. The number of piperidine rings is 1. The maximum absolute atomic E-state index is 13.0. The first kappa shape index (κ1) is 18.0. The summed E-state index contributed by atoms with van der Waals surface area (Å²) in [6.45, 7) is 2.34. The van der Waals surface area contributed by atoms with Gasteiger partial charge >= 0.3 is 0 Å². The van der Waals surface area contributed by atoms with Crippen molar-refractivity contribution in [1.29, 1.82) is 0 Å². The third kappa shape index (κ3) is 3.99. The zero-order chi connectivity index (χ0) is 18.6. The molecule has 144 valence electrons. The van der Waals surface area contributed by atoms with Crippen molar-refractivity contribution in [1.82, 2.24) is 14.5 Å². The number of benzene rings is 1. The molecule has 0 bridgehead atoms. The zero-order valence-corrected chi connectivity index (χ0v) is 15.5. The van der Waals surface area contributed by atoms with E-state index in [1.54, 1.807) is 6.20 Å². The van der Waals surface area contributed by atoms with Crippen LogP contribution in [0, 0.1) is 0 Å². The van der Waals surface area contributed by atoms with Crippen LogP contribution < -0.4 is 4.74 Å². The van der Waals surface area contributed by atoms with Gasteiger partial charge in [0.1, 0.15) is 18.2 Å². The Labute approximate surface area is 158 Å². The Balaban J connectivity index is 1.41. The van der Waals surface area contributed by atoms with Gasteiger partial charge in [-0.3, -0.25) is 4.79 Å². The second-order valence-corrected chi connectivity index (χ2v) is 6.94. The molecule has 4 rings (SSSR count). The number of hydrogen-bond acceptors (Lipinski definition) is 5. The van der Waals surface area contributed by atoms with Crippen molar-refractivity contribution >= 4 is 5.91 Å². The second kappa shape index (κ2) is 8.10. The lowest BCUT2D eigenvalue weighted by Crippen LogP contribution is -2.50. The van der Waals surface area contributed by atoms with Crippen molar-refractivity contribution in [2.24, 2.45) is 7.05 Å². The fourth-order valence-electron chi connectivity index (χ4n) is 3.63. The fraction of sp³-hybridized carbons (Fsp3) is 0.500. The number of rotatable bonds is 5. The SMILES string of the molecule is Cn1ccnc1COc1ccc(C(=O)N2CCCCC2C2OCCO2)cc1. The number of aryl methyl sites for hydroxylation is 1. The number of amides is 1. The van der Waals surface area contributed by atoms with Gasteiger partial charge in [-0.15, -0.1) is 0 Å². The Morgan fingerprint density at radius 3 is 2.70 bits per heavy atom. The number of ether oxygens (including phenoxy) is 3. The molecule has 2 fully saturated rings. The normalized spacial score (nSPS) is 20.8. The first-order valence-electron chi connectivity index (χ1n) is 9.45. The standard InChI is InChI=1S/C20H25N3O4/c1-22-11-9-21-18(22)14-27-16-7-5-15(6-8-16)19(24)23-10-3-2-4-17(23)20-25-12-13-26-20/h5-9,11,17,20H,2-4,10,12-14H2,1H3. The van der Waals surface area contributed by atoms with Gasteiger partial charge < -0.3 is 23.7 Å². The highest BCUT2D eigenvalue weighted by atomic mass is 16.7. The summed E-state index contributed by atoms with van der Waals surface area (Å²) < 4.78 is 19.0. The molecule has 1 unspecified atom stereocenters. The Morgan fingerprint density at radius 2 is 2.00 bits per heavy atom. The van der Waals surface area contributed by atoms with Crippen molar-refractivity contribution in [2.45, 2.75) is 38.2 Å². The average Bonchev–Trinajstić information content (AvgIpc) is 3.38. The fourth-order valence-corrected chi connectivity index (χ4v) is 3.63. The van der Waals surface area contributed by atoms with Crippen LogP contribution in [-0.2, 0) is 23.1 Å². The molecule has 0 saturated carbocycles. The molecular formula is C20H25N3O4. The van der Waals surface area contributed by atoms with E-state index in [0.717, 1.165) is 31.6 Å². The van der Waals surface area contributed by atoms with Crippen LogP contribution in [0.2, 0.25) is 0 Å². The van der Waals surface area contributed by atoms with E-state index in [1.807, 2.05) is 47.0 Å². The Morgan fingerprint density at radius 1 is 1.22 bits per heavy atom. The highest BCUT2D eigenvalue weighted by Crippen LogP contribution is 2.26. The molecular weight excluding hydrogens is 346 g/mol. The van der Waals surface area contributed by atoms with Crippen molar-refractivity contribution in [2.75, 3.05) is 19.8 Å². The molecule has 1 aromatic heterocycles. The van der Waals surface area contributed by atoms with Gasteiger partial charge in [0.2, 0.25) is 0 Å². The number of aromatic nitrogens is 2. The second-order valence-electron chi connectivity index (χ2n) is 6.94. The van der Waals surface area contributed by atoms with Gasteiger partial charge in [0, 0.05) is 31.5 Å². The van der Waals surface area contributed by atoms with Gasteiger partial charge in [0.15, 0.2) is 6.29 Å². The van der Waals surface area contributed by atoms with E-state index >= 15 is 0 Å². The molecule has 1 aromatic carbocycles. The number of carbonyl (C=O) groups is 1. The molecule has 7 heteroatoms. The van der Waals surface area contributed by atoms with Gasteiger partial charge in [-0.1, -0.05) is 0 Å². The van der Waals surface area contributed by atoms with E-state index in [0.29, 0.717) is 31.1 Å². The van der Waals surface area contributed by atoms with Crippen molar-refractivity contribution in [3.63, 3.8) is 0 Å². The van der Waals surface area contributed by atoms with E-state index in [-0.39, 0.29) is 18.2 Å². The highest BCUT2D eigenvalue weighted by Gasteiger charge is 2.36. The summed E-state index contributed by atoms with van der Waals surface area (Å²) in [5.41, 5.74) is 0.657. The minimum atomic E-state index is -0.297. The molecule has 27 heavy (non-hydrogen) atoms. The third-order valence-corrected chi connectivity index (χ3v) is 5.16. The van der Waals surface area contributed by atoms with Crippen LogP contribution in [0.3, 0.4) is 0 Å². The summed E-state index contributed by atoms with van der Waals surface area (Å²) in [6, 6.07) is 7.29. The summed E-state index contributed by atoms with van der Waals surface area (Å²) in [4.78, 5) is 19.2. The molecule has 7 nitrogen and oxygen atoms in total. The van der Waals surface area contributed by atoms with E-state index in [2.05, 4.69) is 4.98 Å². The number of nitrogens with zero attached hydrogens (tertiary/aromatic N) is 3. The molecule has 2 saturated heterocycles. The number of likely N-dealkylation sites (tertiary alicyclic amines) is 1. The quantitative estimate of drug-likeness (QED) is 0.807. The molecule has 0 radical (unpaired) electrons. The van der Waals surface area contributed by atoms with E-state index in [4.69, 9.17) is 14.2 Å². The van der Waals surface area contributed by atoms with Crippen molar-refractivity contribution < 1.29 is 19.0 Å². The lowest BCUT2D eigenvalue weighted by Gasteiger charge is -2.38. The number of hydrogen-bond donors (Lipinski definition) is 0. The summed E-state index contributed by atoms with van der Waals surface area (Å²) in [7, 11) is 1.93. The van der Waals surface area contributed by atoms with Crippen LogP contribution in [0.15, 0.2) is 36.7 Å². The predicted molar refractivity (Wildman–Crippen MR) is 98.3 cm³/mol. The Hall–Kier alpha value is -2.38. The van der Waals surface area contributed by atoms with Gasteiger partial charge in [0.25, 0.3) is 5.91 Å². The molecule has 2 aliphatic heterocycles. The van der Waals surface area contributed by atoms with Crippen LogP contribution in [0.5, 0.6) is 5.75 Å². The van der Waals surface area contributed by atoms with Gasteiger partial charge in [-0.05, 0) is 43.5 Å². The monoisotopic (exact) mass is 371 g/mol. The van der Waals surface area contributed by atoms with Crippen LogP contribution in [0.4, 0.5) is 0 Å². The number of imidazole rings is 1. The summed E-state index contributed by atoms with van der Waals surface area (Å²) in [5.74, 6) is 1.59. The van der Waals surface area contributed by atoms with Crippen LogP contribution in [0.25, 0.3) is 0 Å². The molecule has 3 heterocycles. The summed E-state index contributed by atoms with van der Waals surface area (Å²) in [5, 5.41) is 0. The minimum Gasteiger partial charge on any atom is -0.486 e. The third-order valence-electron chi connectivity index (χ3n) is 5.16. The van der Waals surface area contributed by atoms with Crippen LogP contribution in [-0.4, -0.2) is 52.4 Å². The van der Waals surface area contributed by atoms with E-state index < -0.39 is 0 Å². The van der Waals surface area contributed by atoms with Crippen molar-refractivity contribution in [3.8, 4) is 5.75 Å². The first-order valence-corrected chi connectivity index (χ1v) is 9.45. The minimum absolute atomic E-state index is 0.00640. The lowest BCUT2D eigenvalue weighted by atomic mass is 10.00. The molecule has 0 spiro atoms. The largest absolute Gasteiger partial charge is 0.486 e. The number of carbonyl (C=O) groups excluding carboxylic acids is 1. The topological polar surface area (TPSA) is 65.8 Å². The average molecular weight is 371 g/mol. The smallest absolute Gasteiger partial charge is 0.254 e. The van der Waals surface area contributed by atoms with Crippen LogP contribution >= 0.6 is 0 Å². The Bertz CT molecular complexity index is 768. The van der Waals surface area contributed by atoms with Gasteiger partial charge in [0.05, 0.1) is 19.3 Å². The van der Waals surface area contributed by atoms with Gasteiger partial charge in [-0.25, -0.2) is 4.98 Å². The molecule has 1 amide bonds. The molecule has 2 aliphatic rings. The molecule has 2 aromatic rings. The van der Waals surface area contributed by atoms with Crippen LogP contribution in [0.1, 0.15) is 35.4 Å². The predicted octanol–water partition coefficient (Wildman–Crippen LogP) is 2.37. The maximum atomic E-state index is 13.0. The van der Waals surface area contributed by atoms with E-state index in [9.17, 15) is 4.79 Å². The van der Waals surface area contributed by atoms with Gasteiger partial charge in [-0.2, -0.15) is 0 Å². The molecule has 1 atom stereocenters. The molecule has 0 aliphatic carbocycles. The maximum Gasteiger partial charge on any atom is 0.254 e. The first-order chi connectivity index (χ1) is 13.2.